The van der Waals surface area contributed by atoms with Crippen molar-refractivity contribution in [2.24, 2.45) is 0 Å². The topological polar surface area (TPSA) is 50.4 Å². The van der Waals surface area contributed by atoms with Crippen LogP contribution in [0.25, 0.3) is 0 Å². The summed E-state index contributed by atoms with van der Waals surface area (Å²) >= 11 is 11.8. The molecule has 1 aromatic heterocycles. The van der Waals surface area contributed by atoms with E-state index in [4.69, 9.17) is 27.6 Å². The second-order valence-electron chi connectivity index (χ2n) is 4.52. The molecule has 100 valence electrons. The Morgan fingerprint density at radius 2 is 2.05 bits per heavy atom. The van der Waals surface area contributed by atoms with E-state index < -0.39 is 11.4 Å². The molecule has 0 aliphatic rings. The molecule has 5 heteroatoms. The van der Waals surface area contributed by atoms with Gasteiger partial charge in [-0.05, 0) is 36.8 Å². The minimum Gasteiger partial charge on any atom is -0.481 e. The number of carbonyl (C=O) groups is 1. The van der Waals surface area contributed by atoms with Crippen molar-refractivity contribution in [2.45, 2.75) is 18.8 Å². The lowest BCUT2D eigenvalue weighted by molar-refractivity contribution is -0.143. The van der Waals surface area contributed by atoms with E-state index in [2.05, 4.69) is 0 Å². The van der Waals surface area contributed by atoms with Gasteiger partial charge in [0, 0.05) is 6.42 Å². The van der Waals surface area contributed by atoms with E-state index in [0.717, 1.165) is 0 Å². The van der Waals surface area contributed by atoms with Gasteiger partial charge in [-0.2, -0.15) is 0 Å². The van der Waals surface area contributed by atoms with Gasteiger partial charge < -0.3 is 9.52 Å². The fourth-order valence-corrected chi connectivity index (χ4v) is 2.20. The Balaban J connectivity index is 2.43. The van der Waals surface area contributed by atoms with Gasteiger partial charge in [-0.3, -0.25) is 4.79 Å². The van der Waals surface area contributed by atoms with Crippen molar-refractivity contribution < 1.29 is 14.3 Å². The normalized spacial score (nSPS) is 14.1. The minimum atomic E-state index is -1.12. The molecule has 0 aliphatic heterocycles. The van der Waals surface area contributed by atoms with Crippen molar-refractivity contribution in [3.63, 3.8) is 0 Å². The summed E-state index contributed by atoms with van der Waals surface area (Å²) in [4.78, 5) is 11.6. The minimum absolute atomic E-state index is 0.243. The monoisotopic (exact) mass is 298 g/mol. The molecule has 1 heterocycles. The number of aliphatic carboxylic acids is 1. The van der Waals surface area contributed by atoms with E-state index >= 15 is 0 Å². The Bertz CT molecular complexity index is 593. The molecule has 0 fully saturated rings. The fraction of sp³-hybridized carbons (Fsp3) is 0.214. The van der Waals surface area contributed by atoms with Crippen LogP contribution in [0.1, 0.15) is 18.2 Å². The average molecular weight is 299 g/mol. The van der Waals surface area contributed by atoms with Crippen molar-refractivity contribution >= 4 is 29.2 Å². The van der Waals surface area contributed by atoms with Gasteiger partial charge in [0.05, 0.1) is 21.7 Å². The Labute approximate surface area is 120 Å². The molecule has 0 saturated heterocycles. The summed E-state index contributed by atoms with van der Waals surface area (Å²) in [5, 5.41) is 10.3. The largest absolute Gasteiger partial charge is 0.481 e. The third kappa shape index (κ3) is 2.77. The lowest BCUT2D eigenvalue weighted by Gasteiger charge is -2.24. The molecule has 0 aliphatic carbocycles. The Morgan fingerprint density at radius 3 is 2.58 bits per heavy atom. The van der Waals surface area contributed by atoms with Gasteiger partial charge in [0.25, 0.3) is 0 Å². The van der Waals surface area contributed by atoms with E-state index in [1.165, 1.54) is 6.26 Å². The summed E-state index contributed by atoms with van der Waals surface area (Å²) in [6, 6.07) is 8.33. The maximum atomic E-state index is 11.6. The summed E-state index contributed by atoms with van der Waals surface area (Å²) in [5.74, 6) is -0.335. The van der Waals surface area contributed by atoms with E-state index in [1.54, 1.807) is 37.3 Å². The first-order valence-electron chi connectivity index (χ1n) is 5.65. The van der Waals surface area contributed by atoms with Gasteiger partial charge in [-0.15, -0.1) is 0 Å². The molecule has 0 bridgehead atoms. The number of carboxylic acids is 1. The van der Waals surface area contributed by atoms with Gasteiger partial charge in [0.1, 0.15) is 5.76 Å². The third-order valence-electron chi connectivity index (χ3n) is 3.14. The van der Waals surface area contributed by atoms with Crippen molar-refractivity contribution in [3.8, 4) is 0 Å². The number of halogens is 2. The molecule has 2 rings (SSSR count). The Kier molecular flexibility index (Phi) is 3.88. The highest BCUT2D eigenvalue weighted by atomic mass is 35.5. The average Bonchev–Trinajstić information content (AvgIpc) is 2.85. The predicted octanol–water partition coefficient (Wildman–Crippen LogP) is 4.17. The van der Waals surface area contributed by atoms with Gasteiger partial charge in [-0.1, -0.05) is 29.3 Å². The van der Waals surface area contributed by atoms with E-state index in [9.17, 15) is 9.90 Å². The summed E-state index contributed by atoms with van der Waals surface area (Å²) in [5.41, 5.74) is -0.530. The molecule has 2 aromatic rings. The zero-order chi connectivity index (χ0) is 14.0. The molecule has 1 N–H and O–H groups in total. The molecule has 0 spiro atoms. The first-order chi connectivity index (χ1) is 8.93. The number of carboxylic acid groups (broad SMARTS) is 1. The van der Waals surface area contributed by atoms with Crippen LogP contribution in [0.4, 0.5) is 0 Å². The van der Waals surface area contributed by atoms with Crippen LogP contribution in [0.2, 0.25) is 10.0 Å². The molecule has 0 amide bonds. The number of hydrogen-bond acceptors (Lipinski definition) is 2. The maximum Gasteiger partial charge on any atom is 0.314 e. The maximum absolute atomic E-state index is 11.6. The molecule has 0 radical (unpaired) electrons. The highest BCUT2D eigenvalue weighted by Gasteiger charge is 2.36. The fourth-order valence-electron chi connectivity index (χ4n) is 1.90. The lowest BCUT2D eigenvalue weighted by Crippen LogP contribution is -2.34. The molecule has 1 atom stereocenters. The predicted molar refractivity (Wildman–Crippen MR) is 73.9 cm³/mol. The van der Waals surface area contributed by atoms with Crippen LogP contribution in [0.5, 0.6) is 0 Å². The van der Waals surface area contributed by atoms with E-state index in [0.29, 0.717) is 21.4 Å². The van der Waals surface area contributed by atoms with Crippen molar-refractivity contribution in [1.82, 2.24) is 0 Å². The van der Waals surface area contributed by atoms with Crippen molar-refractivity contribution in [3.05, 3.63) is 58.0 Å². The van der Waals surface area contributed by atoms with E-state index in [-0.39, 0.29) is 6.42 Å². The summed E-state index contributed by atoms with van der Waals surface area (Å²) in [6.45, 7) is 1.64. The first kappa shape index (κ1) is 14.0. The van der Waals surface area contributed by atoms with Crippen molar-refractivity contribution in [2.75, 3.05) is 0 Å². The van der Waals surface area contributed by atoms with Crippen LogP contribution in [0.15, 0.2) is 41.0 Å². The van der Waals surface area contributed by atoms with Crippen LogP contribution in [-0.2, 0) is 16.6 Å². The number of hydrogen-bond donors (Lipinski definition) is 1. The zero-order valence-electron chi connectivity index (χ0n) is 10.2. The first-order valence-corrected chi connectivity index (χ1v) is 6.40. The molecular formula is C14H12Cl2O3. The lowest BCUT2D eigenvalue weighted by atomic mass is 9.79. The molecule has 3 nitrogen and oxygen atoms in total. The van der Waals surface area contributed by atoms with Crippen LogP contribution in [-0.4, -0.2) is 11.1 Å². The third-order valence-corrected chi connectivity index (χ3v) is 3.88. The quantitative estimate of drug-likeness (QED) is 0.921. The zero-order valence-corrected chi connectivity index (χ0v) is 11.7. The molecule has 19 heavy (non-hydrogen) atoms. The molecule has 0 saturated carbocycles. The molecule has 1 aromatic carbocycles. The number of rotatable bonds is 4. The van der Waals surface area contributed by atoms with E-state index in [1.807, 2.05) is 0 Å². The number of benzene rings is 1. The molecule has 1 unspecified atom stereocenters. The Morgan fingerprint density at radius 1 is 1.32 bits per heavy atom. The van der Waals surface area contributed by atoms with Crippen LogP contribution >= 0.6 is 23.2 Å². The smallest absolute Gasteiger partial charge is 0.314 e. The van der Waals surface area contributed by atoms with Gasteiger partial charge in [0.2, 0.25) is 0 Å². The SMILES string of the molecule is CC(Cc1ccco1)(C(=O)O)c1ccc(Cl)c(Cl)c1. The van der Waals surface area contributed by atoms with Crippen LogP contribution in [0.3, 0.4) is 0 Å². The van der Waals surface area contributed by atoms with Crippen LogP contribution < -0.4 is 0 Å². The van der Waals surface area contributed by atoms with Gasteiger partial charge in [0.15, 0.2) is 0 Å². The Hall–Kier alpha value is -1.45. The van der Waals surface area contributed by atoms with Gasteiger partial charge in [-0.25, -0.2) is 0 Å². The van der Waals surface area contributed by atoms with Gasteiger partial charge >= 0.3 is 5.97 Å². The second kappa shape index (κ2) is 5.27. The van der Waals surface area contributed by atoms with Crippen molar-refractivity contribution in [1.29, 1.82) is 0 Å². The highest BCUT2D eigenvalue weighted by Crippen LogP contribution is 2.33. The summed E-state index contributed by atoms with van der Waals surface area (Å²) in [7, 11) is 0. The standard InChI is InChI=1S/C14H12Cl2O3/c1-14(13(17)18,8-10-3-2-6-19-10)9-4-5-11(15)12(16)7-9/h2-7H,8H2,1H3,(H,17,18). The van der Waals surface area contributed by atoms with Crippen LogP contribution in [0, 0.1) is 0 Å². The summed E-state index contributed by atoms with van der Waals surface area (Å²) < 4.78 is 5.23. The summed E-state index contributed by atoms with van der Waals surface area (Å²) in [6.07, 6.45) is 1.76. The second-order valence-corrected chi connectivity index (χ2v) is 5.34. The number of furan rings is 1. The molecular weight excluding hydrogens is 287 g/mol. The highest BCUT2D eigenvalue weighted by molar-refractivity contribution is 6.42.